The van der Waals surface area contributed by atoms with Crippen LogP contribution in [0, 0.1) is 6.92 Å². The second-order valence-electron chi connectivity index (χ2n) is 5.76. The minimum absolute atomic E-state index is 0.265. The molecule has 0 bridgehead atoms. The Labute approximate surface area is 156 Å². The lowest BCUT2D eigenvalue weighted by atomic mass is 10.2. The number of ether oxygens (including phenoxy) is 2. The molecule has 0 saturated heterocycles. The molecular weight excluding hydrogens is 346 g/mol. The van der Waals surface area contributed by atoms with Crippen molar-refractivity contribution in [1.82, 2.24) is 9.97 Å². The van der Waals surface area contributed by atoms with Crippen LogP contribution in [-0.4, -0.2) is 29.3 Å². The van der Waals surface area contributed by atoms with Gasteiger partial charge >= 0.3 is 5.97 Å². The van der Waals surface area contributed by atoms with E-state index in [-0.39, 0.29) is 6.61 Å². The smallest absolute Gasteiger partial charge is 0.331 e. The third-order valence-corrected chi connectivity index (χ3v) is 3.78. The number of para-hydroxylation sites is 2. The number of hydrogen-bond acceptors (Lipinski definition) is 7. The highest BCUT2D eigenvalue weighted by Gasteiger charge is 2.09. The molecule has 0 aliphatic heterocycles. The molecule has 7 nitrogen and oxygen atoms in total. The Hall–Kier alpha value is -3.48. The van der Waals surface area contributed by atoms with Crippen LogP contribution in [0.1, 0.15) is 23.9 Å². The van der Waals surface area contributed by atoms with Gasteiger partial charge in [-0.25, -0.2) is 14.8 Å². The van der Waals surface area contributed by atoms with Gasteiger partial charge in [-0.05, 0) is 37.3 Å². The number of oxime groups is 1. The fourth-order valence-corrected chi connectivity index (χ4v) is 2.45. The van der Waals surface area contributed by atoms with Crippen molar-refractivity contribution in [3.8, 4) is 11.5 Å². The predicted molar refractivity (Wildman–Crippen MR) is 101 cm³/mol. The maximum atomic E-state index is 10.7. The van der Waals surface area contributed by atoms with Gasteiger partial charge in [-0.3, -0.25) is 0 Å². The van der Waals surface area contributed by atoms with E-state index in [2.05, 4.69) is 20.0 Å². The number of aryl methyl sites for hydroxylation is 1. The Balaban J connectivity index is 1.76. The molecule has 0 spiro atoms. The summed E-state index contributed by atoms with van der Waals surface area (Å²) in [5.74, 6) is 0.620. The van der Waals surface area contributed by atoms with E-state index in [1.165, 1.54) is 13.1 Å². The SMILES string of the molecule is COc1cc(/C=N/OC(C)=O)ccc1OCc1nc2ccccc2nc1C. The first-order valence-corrected chi connectivity index (χ1v) is 8.31. The fourth-order valence-electron chi connectivity index (χ4n) is 2.45. The molecular formula is C20H19N3O4. The fraction of sp³-hybridized carbons (Fsp3) is 0.200. The molecule has 0 amide bonds. The molecule has 0 atom stereocenters. The summed E-state index contributed by atoms with van der Waals surface area (Å²) in [5, 5.41) is 3.59. The van der Waals surface area contributed by atoms with Crippen LogP contribution in [-0.2, 0) is 16.2 Å². The molecule has 0 aliphatic rings. The molecule has 0 unspecified atom stereocenters. The second-order valence-corrected chi connectivity index (χ2v) is 5.76. The first-order valence-electron chi connectivity index (χ1n) is 8.31. The zero-order chi connectivity index (χ0) is 19.2. The average molecular weight is 365 g/mol. The van der Waals surface area contributed by atoms with Crippen molar-refractivity contribution >= 4 is 23.2 Å². The summed E-state index contributed by atoms with van der Waals surface area (Å²) < 4.78 is 11.3. The highest BCUT2D eigenvalue weighted by molar-refractivity contribution is 5.81. The van der Waals surface area contributed by atoms with E-state index in [1.807, 2.05) is 31.2 Å². The zero-order valence-corrected chi connectivity index (χ0v) is 15.3. The standard InChI is InChI=1S/C20H19N3O4/c1-13-18(23-17-7-5-4-6-16(17)22-13)12-26-19-9-8-15(10-20(19)25-3)11-21-27-14(2)24/h4-11H,12H2,1-3H3/b21-11+. The van der Waals surface area contributed by atoms with E-state index >= 15 is 0 Å². The maximum absolute atomic E-state index is 10.7. The summed E-state index contributed by atoms with van der Waals surface area (Å²) in [5.41, 5.74) is 3.97. The Morgan fingerprint density at radius 3 is 2.56 bits per heavy atom. The van der Waals surface area contributed by atoms with Gasteiger partial charge in [0.25, 0.3) is 0 Å². The van der Waals surface area contributed by atoms with Gasteiger partial charge in [-0.2, -0.15) is 0 Å². The average Bonchev–Trinajstić information content (AvgIpc) is 2.66. The van der Waals surface area contributed by atoms with Gasteiger partial charge in [-0.15, -0.1) is 0 Å². The third-order valence-electron chi connectivity index (χ3n) is 3.78. The van der Waals surface area contributed by atoms with Crippen LogP contribution >= 0.6 is 0 Å². The number of carbonyl (C=O) groups excluding carboxylic acids is 1. The summed E-state index contributed by atoms with van der Waals surface area (Å²) >= 11 is 0. The highest BCUT2D eigenvalue weighted by Crippen LogP contribution is 2.28. The third kappa shape index (κ3) is 4.58. The van der Waals surface area contributed by atoms with E-state index in [4.69, 9.17) is 9.47 Å². The van der Waals surface area contributed by atoms with Gasteiger partial charge in [0.05, 0.1) is 35.7 Å². The molecule has 1 aromatic heterocycles. The van der Waals surface area contributed by atoms with E-state index in [1.54, 1.807) is 25.3 Å². The largest absolute Gasteiger partial charge is 0.493 e. The molecule has 0 radical (unpaired) electrons. The molecule has 0 saturated carbocycles. The first kappa shape index (κ1) is 18.3. The lowest BCUT2D eigenvalue weighted by molar-refractivity contribution is -0.140. The molecule has 7 heteroatoms. The Kier molecular flexibility index (Phi) is 5.61. The van der Waals surface area contributed by atoms with E-state index < -0.39 is 5.97 Å². The highest BCUT2D eigenvalue weighted by atomic mass is 16.7. The number of methoxy groups -OCH3 is 1. The predicted octanol–water partition coefficient (Wildman–Crippen LogP) is 3.42. The van der Waals surface area contributed by atoms with Crippen molar-refractivity contribution in [3.05, 3.63) is 59.4 Å². The van der Waals surface area contributed by atoms with E-state index in [9.17, 15) is 4.79 Å². The normalized spacial score (nSPS) is 10.9. The molecule has 27 heavy (non-hydrogen) atoms. The molecule has 138 valence electrons. The van der Waals surface area contributed by atoms with Crippen molar-refractivity contribution in [2.24, 2.45) is 5.16 Å². The Morgan fingerprint density at radius 1 is 1.11 bits per heavy atom. The van der Waals surface area contributed by atoms with Crippen LogP contribution < -0.4 is 9.47 Å². The minimum atomic E-state index is -0.481. The first-order chi connectivity index (χ1) is 13.1. The minimum Gasteiger partial charge on any atom is -0.493 e. The number of hydrogen-bond donors (Lipinski definition) is 0. The molecule has 1 heterocycles. The van der Waals surface area contributed by atoms with Gasteiger partial charge < -0.3 is 14.3 Å². The van der Waals surface area contributed by atoms with Gasteiger partial charge in [0.15, 0.2) is 11.5 Å². The van der Waals surface area contributed by atoms with Gasteiger partial charge in [0.1, 0.15) is 6.61 Å². The Morgan fingerprint density at radius 2 is 1.85 bits per heavy atom. The van der Waals surface area contributed by atoms with Crippen molar-refractivity contribution in [1.29, 1.82) is 0 Å². The van der Waals surface area contributed by atoms with Gasteiger partial charge in [0, 0.05) is 12.5 Å². The van der Waals surface area contributed by atoms with Crippen LogP contribution in [0.3, 0.4) is 0 Å². The maximum Gasteiger partial charge on any atom is 0.331 e. The number of rotatable bonds is 6. The van der Waals surface area contributed by atoms with Crippen molar-refractivity contribution in [3.63, 3.8) is 0 Å². The van der Waals surface area contributed by atoms with Crippen LogP contribution in [0.5, 0.6) is 11.5 Å². The molecule has 0 fully saturated rings. The van der Waals surface area contributed by atoms with Crippen molar-refractivity contribution in [2.45, 2.75) is 20.5 Å². The zero-order valence-electron chi connectivity index (χ0n) is 15.3. The number of fused-ring (bicyclic) bond motifs is 1. The number of nitrogens with zero attached hydrogens (tertiary/aromatic N) is 3. The number of carbonyl (C=O) groups is 1. The summed E-state index contributed by atoms with van der Waals surface area (Å²) in [6.45, 7) is 3.46. The molecule has 0 N–H and O–H groups in total. The summed E-state index contributed by atoms with van der Waals surface area (Å²) in [4.78, 5) is 24.5. The monoisotopic (exact) mass is 365 g/mol. The van der Waals surface area contributed by atoms with Crippen LogP contribution in [0.15, 0.2) is 47.6 Å². The summed E-state index contributed by atoms with van der Waals surface area (Å²) in [7, 11) is 1.55. The van der Waals surface area contributed by atoms with Gasteiger partial charge in [-0.1, -0.05) is 17.3 Å². The molecule has 0 aliphatic carbocycles. The summed E-state index contributed by atoms with van der Waals surface area (Å²) in [6, 6.07) is 13.0. The topological polar surface area (TPSA) is 82.9 Å². The number of aromatic nitrogens is 2. The molecule has 3 aromatic rings. The van der Waals surface area contributed by atoms with Crippen LogP contribution in [0.2, 0.25) is 0 Å². The number of benzene rings is 2. The lowest BCUT2D eigenvalue weighted by Crippen LogP contribution is -2.04. The summed E-state index contributed by atoms with van der Waals surface area (Å²) in [6.07, 6.45) is 1.42. The van der Waals surface area contributed by atoms with E-state index in [0.717, 1.165) is 22.4 Å². The van der Waals surface area contributed by atoms with Crippen molar-refractivity contribution in [2.75, 3.05) is 7.11 Å². The van der Waals surface area contributed by atoms with Crippen LogP contribution in [0.25, 0.3) is 11.0 Å². The van der Waals surface area contributed by atoms with Crippen molar-refractivity contribution < 1.29 is 19.1 Å². The molecule has 2 aromatic carbocycles. The Bertz CT molecular complexity index is 1000. The van der Waals surface area contributed by atoms with E-state index in [0.29, 0.717) is 17.1 Å². The lowest BCUT2D eigenvalue weighted by Gasteiger charge is -2.12. The van der Waals surface area contributed by atoms with Gasteiger partial charge in [0.2, 0.25) is 0 Å². The molecule has 3 rings (SSSR count). The van der Waals surface area contributed by atoms with Crippen LogP contribution in [0.4, 0.5) is 0 Å². The quantitative estimate of drug-likeness (QED) is 0.378. The second kappa shape index (κ2) is 8.27.